The Kier molecular flexibility index (Phi) is 4.55. The molecule has 25 heavy (non-hydrogen) atoms. The van der Waals surface area contributed by atoms with E-state index in [0.717, 1.165) is 11.4 Å². The van der Waals surface area contributed by atoms with E-state index in [1.807, 2.05) is 48.1 Å². The molecule has 4 nitrogen and oxygen atoms in total. The fraction of sp³-hybridized carbons (Fsp3) is 0.429. The van der Waals surface area contributed by atoms with E-state index in [1.165, 1.54) is 5.57 Å². The number of nitrogens with zero attached hydrogens (tertiary/aromatic N) is 2. The first-order valence-electron chi connectivity index (χ1n) is 8.80. The Morgan fingerprint density at radius 1 is 1.28 bits per heavy atom. The van der Waals surface area contributed by atoms with E-state index in [4.69, 9.17) is 0 Å². The quantitative estimate of drug-likeness (QED) is 0.842. The van der Waals surface area contributed by atoms with E-state index in [0.29, 0.717) is 5.92 Å². The first-order chi connectivity index (χ1) is 11.8. The van der Waals surface area contributed by atoms with Gasteiger partial charge in [0, 0.05) is 19.4 Å². The second kappa shape index (κ2) is 6.51. The summed E-state index contributed by atoms with van der Waals surface area (Å²) in [6.07, 6.45) is 5.90. The smallest absolute Gasteiger partial charge is 0.225 e. The maximum atomic E-state index is 13.0. The van der Waals surface area contributed by atoms with Gasteiger partial charge >= 0.3 is 0 Å². The second-order valence-electron chi connectivity index (χ2n) is 7.82. The number of aromatic nitrogens is 2. The highest BCUT2D eigenvalue weighted by molar-refractivity contribution is 5.84. The van der Waals surface area contributed by atoms with Crippen LogP contribution in [0, 0.1) is 17.3 Å². The summed E-state index contributed by atoms with van der Waals surface area (Å²) in [5, 5.41) is 3.25. The second-order valence-corrected chi connectivity index (χ2v) is 7.82. The van der Waals surface area contributed by atoms with Gasteiger partial charge < -0.3 is 9.88 Å². The van der Waals surface area contributed by atoms with Crippen LogP contribution >= 0.6 is 0 Å². The lowest BCUT2D eigenvalue weighted by Gasteiger charge is -2.19. The molecule has 1 fully saturated rings. The van der Waals surface area contributed by atoms with E-state index >= 15 is 0 Å². The molecule has 1 aromatic carbocycles. The highest BCUT2D eigenvalue weighted by atomic mass is 16.2. The van der Waals surface area contributed by atoms with Gasteiger partial charge in [0.05, 0.1) is 5.92 Å². The molecule has 2 aromatic rings. The molecule has 0 saturated heterocycles. The summed E-state index contributed by atoms with van der Waals surface area (Å²) in [5.41, 5.74) is 2.31. The molecular weight excluding hydrogens is 310 g/mol. The van der Waals surface area contributed by atoms with Gasteiger partial charge in [0.1, 0.15) is 11.9 Å². The molecule has 0 radical (unpaired) electrons. The lowest BCUT2D eigenvalue weighted by molar-refractivity contribution is -0.123. The van der Waals surface area contributed by atoms with Gasteiger partial charge in [-0.2, -0.15) is 0 Å². The average molecular weight is 337 g/mol. The van der Waals surface area contributed by atoms with Gasteiger partial charge in [-0.25, -0.2) is 4.98 Å². The highest BCUT2D eigenvalue weighted by Gasteiger charge is 2.60. The van der Waals surface area contributed by atoms with E-state index in [2.05, 4.69) is 44.1 Å². The van der Waals surface area contributed by atoms with Crippen molar-refractivity contribution < 1.29 is 4.79 Å². The number of hydrogen-bond donors (Lipinski definition) is 1. The van der Waals surface area contributed by atoms with Crippen LogP contribution in [0.5, 0.6) is 0 Å². The third-order valence-corrected chi connectivity index (χ3v) is 5.24. The first-order valence-corrected chi connectivity index (χ1v) is 8.80. The molecule has 1 heterocycles. The Morgan fingerprint density at radius 3 is 2.52 bits per heavy atom. The zero-order valence-electron chi connectivity index (χ0n) is 15.7. The van der Waals surface area contributed by atoms with Gasteiger partial charge in [-0.15, -0.1) is 0 Å². The van der Waals surface area contributed by atoms with Crippen LogP contribution in [0.25, 0.3) is 0 Å². The SMILES string of the molecule is CC(C)=C[C@@H]1[C@@H](C(=O)N[C@H](c2ccccc2)c2nccn2C)C1(C)C. The molecule has 1 aliphatic rings. The summed E-state index contributed by atoms with van der Waals surface area (Å²) < 4.78 is 1.96. The molecule has 1 N–H and O–H groups in total. The van der Waals surface area contributed by atoms with Crippen LogP contribution < -0.4 is 5.32 Å². The van der Waals surface area contributed by atoms with Crippen LogP contribution in [0.2, 0.25) is 0 Å². The minimum absolute atomic E-state index is 0.00419. The van der Waals surface area contributed by atoms with Crippen molar-refractivity contribution in [3.8, 4) is 0 Å². The summed E-state index contributed by atoms with van der Waals surface area (Å²) in [5.74, 6) is 1.25. The molecular formula is C21H27N3O. The predicted octanol–water partition coefficient (Wildman–Crippen LogP) is 3.86. The highest BCUT2D eigenvalue weighted by Crippen LogP contribution is 2.59. The molecule has 1 saturated carbocycles. The summed E-state index contributed by atoms with van der Waals surface area (Å²) in [7, 11) is 1.96. The van der Waals surface area contributed by atoms with Crippen LogP contribution in [-0.2, 0) is 11.8 Å². The van der Waals surface area contributed by atoms with Crippen molar-refractivity contribution in [2.75, 3.05) is 0 Å². The Labute approximate surface area is 150 Å². The number of rotatable bonds is 5. The normalized spacial score (nSPS) is 22.1. The third kappa shape index (κ3) is 3.39. The number of benzene rings is 1. The Hall–Kier alpha value is -2.36. The van der Waals surface area contributed by atoms with Crippen LogP contribution in [0.1, 0.15) is 45.1 Å². The van der Waals surface area contributed by atoms with Gasteiger partial charge in [-0.1, -0.05) is 55.8 Å². The zero-order valence-corrected chi connectivity index (χ0v) is 15.7. The summed E-state index contributed by atoms with van der Waals surface area (Å²) in [4.78, 5) is 17.5. The van der Waals surface area contributed by atoms with Crippen molar-refractivity contribution in [1.82, 2.24) is 14.9 Å². The monoisotopic (exact) mass is 337 g/mol. The van der Waals surface area contributed by atoms with Crippen molar-refractivity contribution in [3.05, 3.63) is 65.8 Å². The van der Waals surface area contributed by atoms with Crippen molar-refractivity contribution in [2.24, 2.45) is 24.3 Å². The predicted molar refractivity (Wildman–Crippen MR) is 99.8 cm³/mol. The number of imidazole rings is 1. The van der Waals surface area contributed by atoms with Crippen molar-refractivity contribution in [2.45, 2.75) is 33.7 Å². The van der Waals surface area contributed by atoms with Crippen LogP contribution in [0.4, 0.5) is 0 Å². The average Bonchev–Trinajstić information content (AvgIpc) is 2.88. The molecule has 1 aliphatic carbocycles. The Bertz CT molecular complexity index is 784. The van der Waals surface area contributed by atoms with Gasteiger partial charge in [0.15, 0.2) is 0 Å². The summed E-state index contributed by atoms with van der Waals surface area (Å²) >= 11 is 0. The zero-order chi connectivity index (χ0) is 18.2. The van der Waals surface area contributed by atoms with Crippen molar-refractivity contribution in [3.63, 3.8) is 0 Å². The summed E-state index contributed by atoms with van der Waals surface area (Å²) in [6.45, 7) is 8.51. The molecule has 0 aliphatic heterocycles. The van der Waals surface area contributed by atoms with Crippen LogP contribution in [0.15, 0.2) is 54.4 Å². The molecule has 3 rings (SSSR count). The molecule has 0 bridgehead atoms. The standard InChI is InChI=1S/C21H27N3O/c1-14(2)13-16-17(21(16,3)4)20(25)23-18(15-9-7-6-8-10-15)19-22-11-12-24(19)5/h6-13,16-18H,1-5H3,(H,23,25)/t16-,17+,18-/m1/s1. The van der Waals surface area contributed by atoms with E-state index in [1.54, 1.807) is 6.20 Å². The number of nitrogens with one attached hydrogen (secondary N) is 1. The topological polar surface area (TPSA) is 46.9 Å². The van der Waals surface area contributed by atoms with Gasteiger partial charge in [0.25, 0.3) is 0 Å². The van der Waals surface area contributed by atoms with Crippen LogP contribution in [0.3, 0.4) is 0 Å². The molecule has 0 unspecified atom stereocenters. The fourth-order valence-electron chi connectivity index (χ4n) is 3.68. The summed E-state index contributed by atoms with van der Waals surface area (Å²) in [6, 6.07) is 9.79. The minimum Gasteiger partial charge on any atom is -0.342 e. The minimum atomic E-state index is -0.238. The Balaban J connectivity index is 1.86. The molecule has 1 amide bonds. The fourth-order valence-corrected chi connectivity index (χ4v) is 3.68. The van der Waals surface area contributed by atoms with Crippen molar-refractivity contribution in [1.29, 1.82) is 0 Å². The molecule has 4 heteroatoms. The number of aryl methyl sites for hydroxylation is 1. The maximum Gasteiger partial charge on any atom is 0.225 e. The molecule has 3 atom stereocenters. The van der Waals surface area contributed by atoms with Crippen LogP contribution in [-0.4, -0.2) is 15.5 Å². The number of hydrogen-bond acceptors (Lipinski definition) is 2. The van der Waals surface area contributed by atoms with E-state index in [-0.39, 0.29) is 23.3 Å². The van der Waals surface area contributed by atoms with E-state index in [9.17, 15) is 4.79 Å². The van der Waals surface area contributed by atoms with Gasteiger partial charge in [-0.05, 0) is 30.7 Å². The number of amides is 1. The number of allylic oxidation sites excluding steroid dienone is 2. The largest absolute Gasteiger partial charge is 0.342 e. The molecule has 1 aromatic heterocycles. The lowest BCUT2D eigenvalue weighted by atomic mass is 10.0. The lowest BCUT2D eigenvalue weighted by Crippen LogP contribution is -2.33. The van der Waals surface area contributed by atoms with E-state index < -0.39 is 0 Å². The number of carbonyl (C=O) groups is 1. The van der Waals surface area contributed by atoms with Crippen molar-refractivity contribution >= 4 is 5.91 Å². The maximum absolute atomic E-state index is 13.0. The van der Waals surface area contributed by atoms with Gasteiger partial charge in [-0.3, -0.25) is 4.79 Å². The third-order valence-electron chi connectivity index (χ3n) is 5.24. The van der Waals surface area contributed by atoms with Gasteiger partial charge in [0.2, 0.25) is 5.91 Å². The first kappa shape index (κ1) is 17.5. The molecule has 0 spiro atoms. The number of carbonyl (C=O) groups excluding carboxylic acids is 1. The molecule has 132 valence electrons. The Morgan fingerprint density at radius 2 is 1.96 bits per heavy atom.